The first-order valence-electron chi connectivity index (χ1n) is 13.9. The first-order valence-corrected chi connectivity index (χ1v) is 15.5. The summed E-state index contributed by atoms with van der Waals surface area (Å²) in [6.07, 6.45) is 29.9. The molecule has 0 fully saturated rings. The van der Waals surface area contributed by atoms with E-state index in [1.807, 2.05) is 21.1 Å². The highest BCUT2D eigenvalue weighted by molar-refractivity contribution is 7.53. The molecule has 6 heteroatoms. The topological polar surface area (TPSA) is 77.8 Å². The van der Waals surface area contributed by atoms with E-state index in [2.05, 4.69) is 31.2 Å². The van der Waals surface area contributed by atoms with Crippen LogP contribution in [0.5, 0.6) is 0 Å². The predicted molar refractivity (Wildman–Crippen MR) is 147 cm³/mol. The Morgan fingerprint density at radius 1 is 0.647 bits per heavy atom. The maximum Gasteiger partial charge on any atom is 0.362 e. The Morgan fingerprint density at radius 2 is 1.03 bits per heavy atom. The summed E-state index contributed by atoms with van der Waals surface area (Å²) in [5, 5.41) is 8.62. The third kappa shape index (κ3) is 19.8. The molecule has 0 spiro atoms. The molecular weight excluding hydrogens is 445 g/mol. The SMILES string of the molecule is CCCCCCCCCCC/C=C\CCC/C=C\CCCCCC(O)(C[N+](C)(C)C)P(=O)(O)O. The van der Waals surface area contributed by atoms with Gasteiger partial charge in [0.05, 0.1) is 21.1 Å². The second-order valence-corrected chi connectivity index (χ2v) is 13.0. The number of rotatable bonds is 23. The van der Waals surface area contributed by atoms with Crippen LogP contribution in [0.2, 0.25) is 0 Å². The van der Waals surface area contributed by atoms with Gasteiger partial charge in [-0.15, -0.1) is 0 Å². The van der Waals surface area contributed by atoms with Crippen molar-refractivity contribution in [2.75, 3.05) is 27.7 Å². The molecule has 0 heterocycles. The predicted octanol–water partition coefficient (Wildman–Crippen LogP) is 7.71. The van der Waals surface area contributed by atoms with Gasteiger partial charge < -0.3 is 19.4 Å². The molecule has 0 radical (unpaired) electrons. The highest BCUT2D eigenvalue weighted by atomic mass is 31.2. The Balaban J connectivity index is 3.65. The molecule has 1 atom stereocenters. The normalized spacial score (nSPS) is 14.9. The molecule has 0 aromatic rings. The van der Waals surface area contributed by atoms with E-state index in [0.717, 1.165) is 32.1 Å². The molecule has 202 valence electrons. The van der Waals surface area contributed by atoms with Gasteiger partial charge in [-0.05, 0) is 57.8 Å². The molecule has 0 rings (SSSR count). The molecule has 0 aromatic carbocycles. The molecular formula is C28H57NO4P+. The van der Waals surface area contributed by atoms with Crippen LogP contribution in [0.1, 0.15) is 122 Å². The van der Waals surface area contributed by atoms with Gasteiger partial charge in [0.25, 0.3) is 0 Å². The van der Waals surface area contributed by atoms with Crippen LogP contribution in [0, 0.1) is 0 Å². The third-order valence-electron chi connectivity index (χ3n) is 6.27. The van der Waals surface area contributed by atoms with Gasteiger partial charge in [0.1, 0.15) is 6.54 Å². The largest absolute Gasteiger partial charge is 0.373 e. The van der Waals surface area contributed by atoms with Crippen molar-refractivity contribution in [3.63, 3.8) is 0 Å². The van der Waals surface area contributed by atoms with Crippen molar-refractivity contribution in [3.8, 4) is 0 Å². The second-order valence-electron chi connectivity index (χ2n) is 11.1. The number of quaternary nitrogens is 1. The van der Waals surface area contributed by atoms with Crippen molar-refractivity contribution in [2.24, 2.45) is 0 Å². The summed E-state index contributed by atoms with van der Waals surface area (Å²) in [6, 6.07) is 0. The van der Waals surface area contributed by atoms with Crippen molar-refractivity contribution >= 4 is 7.60 Å². The van der Waals surface area contributed by atoms with Crippen LogP contribution >= 0.6 is 7.60 Å². The smallest absolute Gasteiger partial charge is 0.362 e. The van der Waals surface area contributed by atoms with Crippen LogP contribution in [0.25, 0.3) is 0 Å². The van der Waals surface area contributed by atoms with E-state index in [9.17, 15) is 19.5 Å². The lowest BCUT2D eigenvalue weighted by molar-refractivity contribution is -0.875. The molecule has 1 unspecified atom stereocenters. The quantitative estimate of drug-likeness (QED) is 0.0578. The first kappa shape index (κ1) is 33.5. The lowest BCUT2D eigenvalue weighted by atomic mass is 10.1. The number of hydrogen-bond donors (Lipinski definition) is 3. The summed E-state index contributed by atoms with van der Waals surface area (Å²) in [4.78, 5) is 19.2. The number of aliphatic hydroxyl groups is 1. The highest BCUT2D eigenvalue weighted by Gasteiger charge is 2.48. The average molecular weight is 503 g/mol. The summed E-state index contributed by atoms with van der Waals surface area (Å²) in [6.45, 7) is 2.32. The van der Waals surface area contributed by atoms with Crippen LogP contribution < -0.4 is 0 Å². The Kier molecular flexibility index (Phi) is 19.4. The average Bonchev–Trinajstić information content (AvgIpc) is 2.73. The van der Waals surface area contributed by atoms with Crippen molar-refractivity contribution in [2.45, 2.75) is 128 Å². The molecule has 0 bridgehead atoms. The van der Waals surface area contributed by atoms with Crippen LogP contribution in [0.15, 0.2) is 24.3 Å². The van der Waals surface area contributed by atoms with E-state index >= 15 is 0 Å². The summed E-state index contributed by atoms with van der Waals surface area (Å²) in [5.74, 6) is 0. The lowest BCUT2D eigenvalue weighted by Gasteiger charge is -2.35. The maximum atomic E-state index is 11.8. The maximum absolute atomic E-state index is 11.8. The standard InChI is InChI=1S/C28H56NO4P/c1-5-6-7-8-9-10-11-12-13-14-15-16-17-18-19-20-21-22-23-24-25-26-28(30,34(31,32)33)27-29(2,3)4/h15-16,20-21,30H,5-14,17-19,22-27H2,1-4H3,(H-,31,32,33)/p+1/b16-15-,21-20-. The van der Waals surface area contributed by atoms with Crippen molar-refractivity contribution < 1.29 is 23.9 Å². The molecule has 34 heavy (non-hydrogen) atoms. The van der Waals surface area contributed by atoms with Gasteiger partial charge >= 0.3 is 7.60 Å². The number of likely N-dealkylation sites (N-methyl/N-ethyl adjacent to an activating group) is 1. The Labute approximate surface area is 211 Å². The molecule has 0 aromatic heterocycles. The van der Waals surface area contributed by atoms with E-state index in [-0.39, 0.29) is 13.0 Å². The van der Waals surface area contributed by atoms with Crippen molar-refractivity contribution in [3.05, 3.63) is 24.3 Å². The number of hydrogen-bond acceptors (Lipinski definition) is 2. The zero-order valence-corrected chi connectivity index (χ0v) is 23.8. The molecule has 0 aliphatic heterocycles. The minimum absolute atomic E-state index is 0.0464. The van der Waals surface area contributed by atoms with E-state index < -0.39 is 12.9 Å². The van der Waals surface area contributed by atoms with Crippen LogP contribution in [-0.4, -0.2) is 52.4 Å². The van der Waals surface area contributed by atoms with Gasteiger partial charge in [-0.25, -0.2) is 0 Å². The van der Waals surface area contributed by atoms with Gasteiger partial charge in [-0.1, -0.05) is 89.0 Å². The van der Waals surface area contributed by atoms with Crippen molar-refractivity contribution in [1.82, 2.24) is 0 Å². The molecule has 5 nitrogen and oxygen atoms in total. The van der Waals surface area contributed by atoms with E-state index in [1.165, 1.54) is 70.6 Å². The fraction of sp³-hybridized carbons (Fsp3) is 0.857. The van der Waals surface area contributed by atoms with Gasteiger partial charge in [0.15, 0.2) is 0 Å². The molecule has 3 N–H and O–H groups in total. The third-order valence-corrected chi connectivity index (χ3v) is 7.72. The first-order chi connectivity index (χ1) is 16.0. The molecule has 0 amide bonds. The zero-order chi connectivity index (χ0) is 25.8. The number of nitrogens with zero attached hydrogens (tertiary/aromatic N) is 1. The minimum atomic E-state index is -4.56. The summed E-state index contributed by atoms with van der Waals surface area (Å²) < 4.78 is 12.1. The Hall–Kier alpha value is -0.450. The van der Waals surface area contributed by atoms with Crippen LogP contribution in [-0.2, 0) is 4.57 Å². The van der Waals surface area contributed by atoms with E-state index in [4.69, 9.17) is 0 Å². The molecule has 0 aliphatic carbocycles. The Morgan fingerprint density at radius 3 is 1.44 bits per heavy atom. The van der Waals surface area contributed by atoms with Gasteiger partial charge in [-0.2, -0.15) is 0 Å². The fourth-order valence-electron chi connectivity index (χ4n) is 4.32. The van der Waals surface area contributed by atoms with Gasteiger partial charge in [0, 0.05) is 0 Å². The molecule has 0 saturated carbocycles. The van der Waals surface area contributed by atoms with Crippen molar-refractivity contribution in [1.29, 1.82) is 0 Å². The highest BCUT2D eigenvalue weighted by Crippen LogP contribution is 2.52. The van der Waals surface area contributed by atoms with Crippen LogP contribution in [0.4, 0.5) is 0 Å². The zero-order valence-electron chi connectivity index (χ0n) is 22.9. The van der Waals surface area contributed by atoms with Crippen LogP contribution in [0.3, 0.4) is 0 Å². The minimum Gasteiger partial charge on any atom is -0.373 e. The lowest BCUT2D eigenvalue weighted by Crippen LogP contribution is -2.49. The number of unbranched alkanes of at least 4 members (excludes halogenated alkanes) is 14. The van der Waals surface area contributed by atoms with Gasteiger partial charge in [0.2, 0.25) is 5.34 Å². The monoisotopic (exact) mass is 502 g/mol. The second kappa shape index (κ2) is 19.7. The van der Waals surface area contributed by atoms with E-state index in [0.29, 0.717) is 10.9 Å². The summed E-state index contributed by atoms with van der Waals surface area (Å²) in [5.41, 5.74) is 0. The molecule has 0 aliphatic rings. The summed E-state index contributed by atoms with van der Waals surface area (Å²) in [7, 11) is 0.938. The molecule has 0 saturated heterocycles. The fourth-order valence-corrected chi connectivity index (χ4v) is 5.38. The van der Waals surface area contributed by atoms with Gasteiger partial charge in [-0.3, -0.25) is 4.57 Å². The number of allylic oxidation sites excluding steroid dienone is 4. The Bertz CT molecular complexity index is 579. The summed E-state index contributed by atoms with van der Waals surface area (Å²) >= 11 is 0. The van der Waals surface area contributed by atoms with E-state index in [1.54, 1.807) is 0 Å².